The van der Waals surface area contributed by atoms with Gasteiger partial charge in [-0.15, -0.1) is 21.5 Å². The van der Waals surface area contributed by atoms with E-state index in [1.807, 2.05) is 49.9 Å². The second-order valence-corrected chi connectivity index (χ2v) is 8.57. The van der Waals surface area contributed by atoms with Crippen molar-refractivity contribution in [2.45, 2.75) is 31.5 Å². The van der Waals surface area contributed by atoms with E-state index in [4.69, 9.17) is 0 Å². The molecule has 0 unspecified atom stereocenters. The maximum absolute atomic E-state index is 12.2. The van der Waals surface area contributed by atoms with Crippen LogP contribution in [0.4, 0.5) is 0 Å². The summed E-state index contributed by atoms with van der Waals surface area (Å²) in [6.07, 6.45) is 0. The van der Waals surface area contributed by atoms with Gasteiger partial charge in [-0.25, -0.2) is 0 Å². The molecule has 0 atom stereocenters. The van der Waals surface area contributed by atoms with E-state index in [-0.39, 0.29) is 29.7 Å². The van der Waals surface area contributed by atoms with Crippen molar-refractivity contribution in [2.24, 2.45) is 7.05 Å². The molecule has 25 heavy (non-hydrogen) atoms. The van der Waals surface area contributed by atoms with Crippen LogP contribution in [0.5, 0.6) is 0 Å². The van der Waals surface area contributed by atoms with Gasteiger partial charge in [0, 0.05) is 19.6 Å². The number of nitrogens with one attached hydrogen (secondary N) is 1. The molecule has 2 amide bonds. The summed E-state index contributed by atoms with van der Waals surface area (Å²) in [5.41, 5.74) is -0.313. The maximum atomic E-state index is 12.2. The Morgan fingerprint density at radius 2 is 2.08 bits per heavy atom. The largest absolute Gasteiger partial charge is 0.350 e. The Labute approximate surface area is 155 Å². The van der Waals surface area contributed by atoms with Gasteiger partial charge in [-0.2, -0.15) is 0 Å². The Hall–Kier alpha value is -1.87. The average Bonchev–Trinajstić information content (AvgIpc) is 3.12. The number of hydrogen-bond donors (Lipinski definition) is 1. The van der Waals surface area contributed by atoms with Crippen LogP contribution in [0.15, 0.2) is 22.7 Å². The van der Waals surface area contributed by atoms with Gasteiger partial charge in [0.15, 0.2) is 11.0 Å². The lowest BCUT2D eigenvalue weighted by molar-refractivity contribution is -0.133. The third-order valence-corrected chi connectivity index (χ3v) is 5.09. The predicted molar refractivity (Wildman–Crippen MR) is 101 cm³/mol. The third kappa shape index (κ3) is 5.57. The Morgan fingerprint density at radius 1 is 1.36 bits per heavy atom. The number of likely N-dealkylation sites (N-methyl/N-ethyl adjacent to an activating group) is 1. The minimum absolute atomic E-state index is 0.0376. The zero-order valence-corrected chi connectivity index (χ0v) is 16.7. The molecule has 1 N–H and O–H groups in total. The van der Waals surface area contributed by atoms with Crippen molar-refractivity contribution in [1.82, 2.24) is 25.0 Å². The van der Waals surface area contributed by atoms with Crippen LogP contribution in [-0.2, 0) is 16.6 Å². The molecule has 0 bridgehead atoms. The van der Waals surface area contributed by atoms with Gasteiger partial charge in [-0.3, -0.25) is 9.59 Å². The Balaban J connectivity index is 1.89. The van der Waals surface area contributed by atoms with E-state index in [1.54, 1.807) is 18.4 Å². The first-order valence-electron chi connectivity index (χ1n) is 7.78. The first kappa shape index (κ1) is 19.5. The first-order chi connectivity index (χ1) is 11.7. The lowest BCUT2D eigenvalue weighted by Gasteiger charge is -2.23. The summed E-state index contributed by atoms with van der Waals surface area (Å²) >= 11 is 2.90. The molecule has 2 heterocycles. The molecular formula is C16H23N5O2S2. The highest BCUT2D eigenvalue weighted by Crippen LogP contribution is 2.25. The van der Waals surface area contributed by atoms with Crippen molar-refractivity contribution in [1.29, 1.82) is 0 Å². The predicted octanol–water partition coefficient (Wildman–Crippen LogP) is 2.01. The maximum Gasteiger partial charge on any atom is 0.240 e. The molecule has 0 saturated carbocycles. The van der Waals surface area contributed by atoms with Gasteiger partial charge < -0.3 is 14.8 Å². The fraction of sp³-hybridized carbons (Fsp3) is 0.500. The SMILES string of the molecule is CN(CC(=O)NC(C)(C)C)C(=O)CSc1nnc(-c2cccs2)n1C. The molecule has 0 spiro atoms. The van der Waals surface area contributed by atoms with Gasteiger partial charge in [-0.1, -0.05) is 17.8 Å². The molecule has 0 saturated heterocycles. The fourth-order valence-corrected chi connectivity index (χ4v) is 3.65. The van der Waals surface area contributed by atoms with E-state index >= 15 is 0 Å². The summed E-state index contributed by atoms with van der Waals surface area (Å²) in [5.74, 6) is 0.681. The van der Waals surface area contributed by atoms with Gasteiger partial charge in [0.05, 0.1) is 17.2 Å². The van der Waals surface area contributed by atoms with Crippen molar-refractivity contribution in [3.05, 3.63) is 17.5 Å². The summed E-state index contributed by atoms with van der Waals surface area (Å²) in [4.78, 5) is 26.6. The molecule has 0 fully saturated rings. The summed E-state index contributed by atoms with van der Waals surface area (Å²) in [7, 11) is 3.50. The number of amides is 2. The lowest BCUT2D eigenvalue weighted by atomic mass is 10.1. The summed E-state index contributed by atoms with van der Waals surface area (Å²) in [6, 6.07) is 3.94. The van der Waals surface area contributed by atoms with Crippen LogP contribution in [0.25, 0.3) is 10.7 Å². The average molecular weight is 382 g/mol. The van der Waals surface area contributed by atoms with Crippen LogP contribution in [0.3, 0.4) is 0 Å². The second kappa shape index (κ2) is 8.01. The lowest BCUT2D eigenvalue weighted by Crippen LogP contribution is -2.46. The van der Waals surface area contributed by atoms with E-state index in [2.05, 4.69) is 15.5 Å². The zero-order chi connectivity index (χ0) is 18.6. The normalized spacial score (nSPS) is 11.4. The molecule has 2 aromatic heterocycles. The number of carbonyl (C=O) groups is 2. The monoisotopic (exact) mass is 381 g/mol. The highest BCUT2D eigenvalue weighted by atomic mass is 32.2. The smallest absolute Gasteiger partial charge is 0.240 e. The number of hydrogen-bond acceptors (Lipinski definition) is 6. The van der Waals surface area contributed by atoms with Gasteiger partial charge in [0.1, 0.15) is 0 Å². The molecule has 0 aliphatic rings. The number of rotatable bonds is 6. The van der Waals surface area contributed by atoms with Gasteiger partial charge in [-0.05, 0) is 32.2 Å². The number of nitrogens with zero attached hydrogens (tertiary/aromatic N) is 4. The Bertz CT molecular complexity index is 734. The summed E-state index contributed by atoms with van der Waals surface area (Å²) in [6.45, 7) is 5.75. The van der Waals surface area contributed by atoms with Gasteiger partial charge in [0.25, 0.3) is 0 Å². The molecule has 7 nitrogen and oxygen atoms in total. The fourth-order valence-electron chi connectivity index (χ4n) is 2.06. The van der Waals surface area contributed by atoms with Crippen LogP contribution in [0.1, 0.15) is 20.8 Å². The first-order valence-corrected chi connectivity index (χ1v) is 9.65. The van der Waals surface area contributed by atoms with Crippen LogP contribution >= 0.6 is 23.1 Å². The van der Waals surface area contributed by atoms with Gasteiger partial charge >= 0.3 is 0 Å². The standard InChI is InChI=1S/C16H23N5O2S2/c1-16(2,3)17-12(22)9-20(4)13(23)10-25-15-19-18-14(21(15)5)11-7-6-8-24-11/h6-8H,9-10H2,1-5H3,(H,17,22). The van der Waals surface area contributed by atoms with E-state index in [1.165, 1.54) is 16.7 Å². The molecule has 0 aliphatic heterocycles. The Morgan fingerprint density at radius 3 is 2.68 bits per heavy atom. The quantitative estimate of drug-likeness (QED) is 0.774. The minimum atomic E-state index is -0.313. The number of thioether (sulfide) groups is 1. The molecule has 0 aromatic carbocycles. The van der Waals surface area contributed by atoms with E-state index in [0.29, 0.717) is 5.16 Å². The molecule has 0 radical (unpaired) electrons. The van der Waals surface area contributed by atoms with E-state index in [9.17, 15) is 9.59 Å². The zero-order valence-electron chi connectivity index (χ0n) is 15.1. The van der Waals surface area contributed by atoms with Crippen LogP contribution in [0.2, 0.25) is 0 Å². The Kier molecular flexibility index (Phi) is 6.23. The summed E-state index contributed by atoms with van der Waals surface area (Å²) < 4.78 is 1.87. The number of carbonyl (C=O) groups excluding carboxylic acids is 2. The highest BCUT2D eigenvalue weighted by Gasteiger charge is 2.19. The van der Waals surface area contributed by atoms with Crippen molar-refractivity contribution in [3.63, 3.8) is 0 Å². The number of thiophene rings is 1. The molecular weight excluding hydrogens is 358 g/mol. The van der Waals surface area contributed by atoms with E-state index in [0.717, 1.165) is 10.7 Å². The molecule has 2 aromatic rings. The molecule has 0 aliphatic carbocycles. The highest BCUT2D eigenvalue weighted by molar-refractivity contribution is 7.99. The van der Waals surface area contributed by atoms with Crippen LogP contribution in [0, 0.1) is 0 Å². The van der Waals surface area contributed by atoms with Crippen molar-refractivity contribution >= 4 is 34.9 Å². The topological polar surface area (TPSA) is 80.1 Å². The third-order valence-electron chi connectivity index (χ3n) is 3.22. The van der Waals surface area contributed by atoms with Crippen LogP contribution in [-0.4, -0.2) is 56.4 Å². The van der Waals surface area contributed by atoms with Crippen molar-refractivity contribution in [2.75, 3.05) is 19.3 Å². The van der Waals surface area contributed by atoms with Crippen LogP contribution < -0.4 is 5.32 Å². The minimum Gasteiger partial charge on any atom is -0.350 e. The van der Waals surface area contributed by atoms with Crippen molar-refractivity contribution in [3.8, 4) is 10.7 Å². The molecule has 2 rings (SSSR count). The number of aromatic nitrogens is 3. The molecule has 136 valence electrons. The second-order valence-electron chi connectivity index (χ2n) is 6.68. The van der Waals surface area contributed by atoms with E-state index < -0.39 is 0 Å². The summed E-state index contributed by atoms with van der Waals surface area (Å²) in [5, 5.41) is 13.8. The van der Waals surface area contributed by atoms with Crippen molar-refractivity contribution < 1.29 is 9.59 Å². The molecule has 9 heteroatoms. The van der Waals surface area contributed by atoms with Gasteiger partial charge in [0.2, 0.25) is 11.8 Å².